The minimum atomic E-state index is -0.00148. The second-order valence-electron chi connectivity index (χ2n) is 5.77. The van der Waals surface area contributed by atoms with Crippen LogP contribution in [0.3, 0.4) is 0 Å². The molecule has 1 aliphatic heterocycles. The molecule has 0 N–H and O–H groups in total. The number of aryl methyl sites for hydroxylation is 1. The van der Waals surface area contributed by atoms with E-state index in [2.05, 4.69) is 15.6 Å². The molecule has 0 unspecified atom stereocenters. The van der Waals surface area contributed by atoms with Gasteiger partial charge in [-0.2, -0.15) is 5.26 Å². The van der Waals surface area contributed by atoms with Crippen LogP contribution in [0.15, 0.2) is 36.7 Å². The molecule has 2 heterocycles. The van der Waals surface area contributed by atoms with E-state index in [0.29, 0.717) is 17.0 Å². The molecule has 3 rings (SSSR count). The van der Waals surface area contributed by atoms with Crippen molar-refractivity contribution in [2.24, 2.45) is 5.92 Å². The first-order valence-corrected chi connectivity index (χ1v) is 7.43. The second-order valence-corrected chi connectivity index (χ2v) is 5.77. The Balaban J connectivity index is 1.63. The van der Waals surface area contributed by atoms with Gasteiger partial charge in [-0.3, -0.25) is 4.79 Å². The van der Waals surface area contributed by atoms with Crippen molar-refractivity contribution >= 4 is 5.91 Å². The van der Waals surface area contributed by atoms with Gasteiger partial charge >= 0.3 is 0 Å². The molecule has 22 heavy (non-hydrogen) atoms. The van der Waals surface area contributed by atoms with E-state index >= 15 is 0 Å². The molecule has 1 aromatic carbocycles. The standard InChI is InChI=1S/C17H18N4O/c1-20(17(22)15-4-2-13(11-18)3-5-15)12-14-6-8-21-9-7-19-16(21)10-14/h2-5,7,9,14H,6,8,10,12H2,1H3/t14-/m0/s1. The van der Waals surface area contributed by atoms with Gasteiger partial charge < -0.3 is 9.47 Å². The van der Waals surface area contributed by atoms with E-state index < -0.39 is 0 Å². The number of imidazole rings is 1. The van der Waals surface area contributed by atoms with Crippen molar-refractivity contribution in [1.82, 2.24) is 14.5 Å². The summed E-state index contributed by atoms with van der Waals surface area (Å²) in [6, 6.07) is 8.85. The Morgan fingerprint density at radius 1 is 1.45 bits per heavy atom. The number of nitrogens with zero attached hydrogens (tertiary/aromatic N) is 4. The fourth-order valence-corrected chi connectivity index (χ4v) is 2.95. The minimum absolute atomic E-state index is 0.00148. The summed E-state index contributed by atoms with van der Waals surface area (Å²) in [4.78, 5) is 18.6. The van der Waals surface area contributed by atoms with E-state index in [1.807, 2.05) is 19.4 Å². The lowest BCUT2D eigenvalue weighted by Crippen LogP contribution is -2.35. The van der Waals surface area contributed by atoms with Crippen molar-refractivity contribution in [3.05, 3.63) is 53.6 Å². The van der Waals surface area contributed by atoms with E-state index in [1.165, 1.54) is 0 Å². The third kappa shape index (κ3) is 2.86. The number of aromatic nitrogens is 2. The maximum atomic E-state index is 12.4. The number of rotatable bonds is 3. The zero-order valence-corrected chi connectivity index (χ0v) is 12.6. The number of benzene rings is 1. The summed E-state index contributed by atoms with van der Waals surface area (Å²) >= 11 is 0. The third-order valence-electron chi connectivity index (χ3n) is 4.19. The van der Waals surface area contributed by atoms with Crippen LogP contribution in [0.25, 0.3) is 0 Å². The quantitative estimate of drug-likeness (QED) is 0.871. The van der Waals surface area contributed by atoms with Crippen LogP contribution in [0, 0.1) is 17.2 Å². The molecule has 0 bridgehead atoms. The lowest BCUT2D eigenvalue weighted by atomic mass is 9.97. The van der Waals surface area contributed by atoms with Crippen LogP contribution in [0.5, 0.6) is 0 Å². The maximum absolute atomic E-state index is 12.4. The fourth-order valence-electron chi connectivity index (χ4n) is 2.95. The SMILES string of the molecule is CN(C[C@H]1CCn2ccnc2C1)C(=O)c1ccc(C#N)cc1. The van der Waals surface area contributed by atoms with Gasteiger partial charge in [0.1, 0.15) is 5.82 Å². The molecule has 5 nitrogen and oxygen atoms in total. The first-order chi connectivity index (χ1) is 10.7. The van der Waals surface area contributed by atoms with Crippen LogP contribution in [-0.2, 0) is 13.0 Å². The number of amides is 1. The van der Waals surface area contributed by atoms with Gasteiger partial charge in [0.05, 0.1) is 11.6 Å². The lowest BCUT2D eigenvalue weighted by molar-refractivity contribution is 0.0764. The fraction of sp³-hybridized carbons (Fsp3) is 0.353. The Bertz CT molecular complexity index is 711. The van der Waals surface area contributed by atoms with Crippen LogP contribution >= 0.6 is 0 Å². The summed E-state index contributed by atoms with van der Waals surface area (Å²) in [6.07, 6.45) is 5.83. The zero-order chi connectivity index (χ0) is 15.5. The molecule has 0 saturated carbocycles. The molecule has 2 aromatic rings. The number of hydrogen-bond donors (Lipinski definition) is 0. The number of fused-ring (bicyclic) bond motifs is 1. The Morgan fingerprint density at radius 3 is 2.95 bits per heavy atom. The summed E-state index contributed by atoms with van der Waals surface area (Å²) in [5.41, 5.74) is 1.19. The van der Waals surface area contributed by atoms with Crippen LogP contribution in [0.4, 0.5) is 0 Å². The van der Waals surface area contributed by atoms with E-state index in [9.17, 15) is 4.79 Å². The van der Waals surface area contributed by atoms with Gasteiger partial charge in [0.15, 0.2) is 0 Å². The third-order valence-corrected chi connectivity index (χ3v) is 4.19. The molecule has 0 saturated heterocycles. The number of carbonyl (C=O) groups excluding carboxylic acids is 1. The summed E-state index contributed by atoms with van der Waals surface area (Å²) in [6.45, 7) is 1.70. The van der Waals surface area contributed by atoms with E-state index in [-0.39, 0.29) is 5.91 Å². The van der Waals surface area contributed by atoms with Gasteiger partial charge in [-0.25, -0.2) is 4.98 Å². The van der Waals surface area contributed by atoms with Crippen LogP contribution in [-0.4, -0.2) is 34.0 Å². The normalized spacial score (nSPS) is 16.6. The first-order valence-electron chi connectivity index (χ1n) is 7.43. The molecule has 0 spiro atoms. The molecule has 1 aliphatic rings. The Morgan fingerprint density at radius 2 is 2.23 bits per heavy atom. The number of carbonyl (C=O) groups is 1. The molecule has 0 fully saturated rings. The van der Waals surface area contributed by atoms with Crippen molar-refractivity contribution in [1.29, 1.82) is 5.26 Å². The molecule has 0 aliphatic carbocycles. The molecule has 112 valence electrons. The van der Waals surface area contributed by atoms with Crippen molar-refractivity contribution in [3.8, 4) is 6.07 Å². The maximum Gasteiger partial charge on any atom is 0.253 e. The zero-order valence-electron chi connectivity index (χ0n) is 12.6. The highest BCUT2D eigenvalue weighted by molar-refractivity contribution is 5.94. The van der Waals surface area contributed by atoms with Crippen LogP contribution in [0.1, 0.15) is 28.2 Å². The van der Waals surface area contributed by atoms with E-state index in [0.717, 1.165) is 31.8 Å². The van der Waals surface area contributed by atoms with Gasteiger partial charge in [0.25, 0.3) is 5.91 Å². The van der Waals surface area contributed by atoms with E-state index in [4.69, 9.17) is 5.26 Å². The average molecular weight is 294 g/mol. The largest absolute Gasteiger partial charge is 0.341 e. The predicted molar refractivity (Wildman–Crippen MR) is 82.2 cm³/mol. The molecule has 1 atom stereocenters. The van der Waals surface area contributed by atoms with Crippen molar-refractivity contribution < 1.29 is 4.79 Å². The van der Waals surface area contributed by atoms with Gasteiger partial charge in [0.2, 0.25) is 0 Å². The van der Waals surface area contributed by atoms with Crippen molar-refractivity contribution in [2.45, 2.75) is 19.4 Å². The van der Waals surface area contributed by atoms with Crippen LogP contribution < -0.4 is 0 Å². The molecular formula is C17H18N4O. The molecule has 5 heteroatoms. The van der Waals surface area contributed by atoms with Gasteiger partial charge in [0, 0.05) is 44.5 Å². The molecule has 1 amide bonds. The minimum Gasteiger partial charge on any atom is -0.341 e. The first kappa shape index (κ1) is 14.3. The topological polar surface area (TPSA) is 61.9 Å². The second kappa shape index (κ2) is 6.02. The highest BCUT2D eigenvalue weighted by Gasteiger charge is 2.22. The number of hydrogen-bond acceptors (Lipinski definition) is 3. The van der Waals surface area contributed by atoms with Crippen molar-refractivity contribution in [2.75, 3.05) is 13.6 Å². The lowest BCUT2D eigenvalue weighted by Gasteiger charge is -2.27. The summed E-state index contributed by atoms with van der Waals surface area (Å²) in [5.74, 6) is 1.55. The van der Waals surface area contributed by atoms with Crippen molar-refractivity contribution in [3.63, 3.8) is 0 Å². The Labute approximate surface area is 129 Å². The van der Waals surface area contributed by atoms with Crippen LogP contribution in [0.2, 0.25) is 0 Å². The highest BCUT2D eigenvalue weighted by atomic mass is 16.2. The Kier molecular flexibility index (Phi) is 3.92. The number of nitriles is 1. The van der Waals surface area contributed by atoms with E-state index in [1.54, 1.807) is 29.2 Å². The summed E-state index contributed by atoms with van der Waals surface area (Å²) in [7, 11) is 1.83. The Hall–Kier alpha value is -2.61. The predicted octanol–water partition coefficient (Wildman–Crippen LogP) is 2.09. The molecule has 1 aromatic heterocycles. The molecular weight excluding hydrogens is 276 g/mol. The van der Waals surface area contributed by atoms with Gasteiger partial charge in [-0.05, 0) is 36.6 Å². The monoisotopic (exact) mass is 294 g/mol. The summed E-state index contributed by atoms with van der Waals surface area (Å²) < 4.78 is 2.18. The van der Waals surface area contributed by atoms with Gasteiger partial charge in [-0.15, -0.1) is 0 Å². The smallest absolute Gasteiger partial charge is 0.253 e. The average Bonchev–Trinajstić information content (AvgIpc) is 3.02. The highest BCUT2D eigenvalue weighted by Crippen LogP contribution is 2.20. The summed E-state index contributed by atoms with van der Waals surface area (Å²) in [5, 5.41) is 8.80. The molecule has 0 radical (unpaired) electrons. The van der Waals surface area contributed by atoms with Gasteiger partial charge in [-0.1, -0.05) is 0 Å².